The molecule has 0 spiro atoms. The summed E-state index contributed by atoms with van der Waals surface area (Å²) in [5.74, 6) is -0.853. The number of ether oxygens (including phenoxy) is 1. The first-order valence-corrected chi connectivity index (χ1v) is 9.41. The number of anilines is 1. The van der Waals surface area contributed by atoms with Gasteiger partial charge in [-0.3, -0.25) is 19.6 Å². The van der Waals surface area contributed by atoms with Crippen LogP contribution in [0.5, 0.6) is 0 Å². The molecule has 1 aliphatic rings. The second-order valence-electron chi connectivity index (χ2n) is 6.74. The zero-order chi connectivity index (χ0) is 22.0. The number of imidazole rings is 1. The summed E-state index contributed by atoms with van der Waals surface area (Å²) >= 11 is 0. The highest BCUT2D eigenvalue weighted by Gasteiger charge is 2.40. The number of nitrogens with zero attached hydrogens (tertiary/aromatic N) is 4. The van der Waals surface area contributed by atoms with E-state index in [9.17, 15) is 18.0 Å². The molecule has 0 saturated carbocycles. The second-order valence-corrected chi connectivity index (χ2v) is 6.74. The fourth-order valence-corrected chi connectivity index (χ4v) is 3.23. The molecule has 0 radical (unpaired) electrons. The highest BCUT2D eigenvalue weighted by atomic mass is 19.4. The molecule has 0 saturated heterocycles. The van der Waals surface area contributed by atoms with Crippen molar-refractivity contribution in [2.75, 3.05) is 25.2 Å². The van der Waals surface area contributed by atoms with E-state index < -0.39 is 23.5 Å². The van der Waals surface area contributed by atoms with Gasteiger partial charge >= 0.3 is 12.2 Å². The van der Waals surface area contributed by atoms with Gasteiger partial charge in [-0.15, -0.1) is 0 Å². The van der Waals surface area contributed by atoms with Crippen molar-refractivity contribution in [1.29, 1.82) is 0 Å². The van der Waals surface area contributed by atoms with E-state index in [0.29, 0.717) is 19.1 Å². The van der Waals surface area contributed by atoms with E-state index in [1.165, 1.54) is 19.4 Å². The SMILES string of the molecule is COC1=NCCN(c2ccc(CNC(=O)c3c(C(F)(F)F)nc4ccccn34)cc2)N1. The molecule has 1 aromatic carbocycles. The number of rotatable bonds is 4. The number of carbonyl (C=O) groups excluding carboxylic acids is 1. The zero-order valence-electron chi connectivity index (χ0n) is 16.5. The number of fused-ring (bicyclic) bond motifs is 1. The van der Waals surface area contributed by atoms with Crippen molar-refractivity contribution in [2.24, 2.45) is 4.99 Å². The molecule has 11 heteroatoms. The summed E-state index contributed by atoms with van der Waals surface area (Å²) in [6.07, 6.45) is -3.36. The van der Waals surface area contributed by atoms with Gasteiger partial charge in [-0.1, -0.05) is 18.2 Å². The molecule has 4 rings (SSSR count). The maximum Gasteiger partial charge on any atom is 0.435 e. The van der Waals surface area contributed by atoms with Gasteiger partial charge in [0.15, 0.2) is 5.69 Å². The molecule has 0 fully saturated rings. The van der Waals surface area contributed by atoms with E-state index in [1.54, 1.807) is 24.3 Å². The smallest absolute Gasteiger partial charge is 0.435 e. The van der Waals surface area contributed by atoms with Crippen LogP contribution in [0.4, 0.5) is 18.9 Å². The standard InChI is InChI=1S/C20H19F3N6O2/c1-31-19-24-9-11-29(27-19)14-7-5-13(6-8-14)12-25-18(30)16-17(20(21,22)23)26-15-4-2-3-10-28(15)16/h2-8,10H,9,11-12H2,1H3,(H,24,27)(H,25,30). The summed E-state index contributed by atoms with van der Waals surface area (Å²) < 4.78 is 46.4. The lowest BCUT2D eigenvalue weighted by Crippen LogP contribution is -2.48. The van der Waals surface area contributed by atoms with Crippen molar-refractivity contribution in [3.63, 3.8) is 0 Å². The quantitative estimate of drug-likeness (QED) is 0.662. The number of amides is 1. The number of hydrogen-bond donors (Lipinski definition) is 2. The number of carbonyl (C=O) groups is 1. The molecule has 3 aromatic rings. The third kappa shape index (κ3) is 4.25. The third-order valence-corrected chi connectivity index (χ3v) is 4.72. The monoisotopic (exact) mass is 432 g/mol. The van der Waals surface area contributed by atoms with Crippen LogP contribution in [-0.2, 0) is 17.5 Å². The van der Waals surface area contributed by atoms with E-state index in [1.807, 2.05) is 17.1 Å². The lowest BCUT2D eigenvalue weighted by atomic mass is 10.2. The highest BCUT2D eigenvalue weighted by molar-refractivity contribution is 5.95. The maximum atomic E-state index is 13.4. The van der Waals surface area contributed by atoms with Crippen molar-refractivity contribution >= 4 is 23.3 Å². The number of aromatic nitrogens is 2. The summed E-state index contributed by atoms with van der Waals surface area (Å²) in [6.45, 7) is 1.29. The fraction of sp³-hybridized carbons (Fsp3) is 0.250. The lowest BCUT2D eigenvalue weighted by Gasteiger charge is -2.29. The van der Waals surface area contributed by atoms with Crippen molar-refractivity contribution < 1.29 is 22.7 Å². The Hall–Kier alpha value is -3.76. The summed E-state index contributed by atoms with van der Waals surface area (Å²) in [5.41, 5.74) is 2.92. The molecule has 2 N–H and O–H groups in total. The first kappa shape index (κ1) is 20.5. The summed E-state index contributed by atoms with van der Waals surface area (Å²) in [4.78, 5) is 20.4. The molecule has 0 aliphatic carbocycles. The Balaban J connectivity index is 1.48. The number of alkyl halides is 3. The molecular formula is C20H19F3N6O2. The van der Waals surface area contributed by atoms with Gasteiger partial charge in [0, 0.05) is 12.7 Å². The van der Waals surface area contributed by atoms with Crippen LogP contribution in [-0.4, -0.2) is 41.5 Å². The zero-order valence-corrected chi connectivity index (χ0v) is 16.5. The van der Waals surface area contributed by atoms with Gasteiger partial charge in [0.05, 0.1) is 25.9 Å². The molecule has 8 nitrogen and oxygen atoms in total. The Kier molecular flexibility index (Phi) is 5.40. The molecule has 0 bridgehead atoms. The van der Waals surface area contributed by atoms with Gasteiger partial charge in [0.1, 0.15) is 11.3 Å². The van der Waals surface area contributed by atoms with Gasteiger partial charge < -0.3 is 10.1 Å². The number of methoxy groups -OCH3 is 1. The molecule has 31 heavy (non-hydrogen) atoms. The van der Waals surface area contributed by atoms with Gasteiger partial charge in [-0.2, -0.15) is 13.2 Å². The molecular weight excluding hydrogens is 413 g/mol. The Morgan fingerprint density at radius 3 is 2.71 bits per heavy atom. The van der Waals surface area contributed by atoms with Crippen molar-refractivity contribution in [1.82, 2.24) is 20.1 Å². The first-order chi connectivity index (χ1) is 14.9. The van der Waals surface area contributed by atoms with Crippen LogP contribution < -0.4 is 15.8 Å². The predicted molar refractivity (Wildman–Crippen MR) is 108 cm³/mol. The van der Waals surface area contributed by atoms with Crippen LogP contribution in [0.25, 0.3) is 5.65 Å². The van der Waals surface area contributed by atoms with E-state index in [0.717, 1.165) is 15.7 Å². The number of hydrogen-bond acceptors (Lipinski definition) is 6. The summed E-state index contributed by atoms with van der Waals surface area (Å²) in [7, 11) is 1.52. The van der Waals surface area contributed by atoms with Crippen LogP contribution in [0.15, 0.2) is 53.7 Å². The van der Waals surface area contributed by atoms with Crippen LogP contribution in [0.3, 0.4) is 0 Å². The Bertz CT molecular complexity index is 1120. The topological polar surface area (TPSA) is 83.3 Å². The average Bonchev–Trinajstić information content (AvgIpc) is 3.18. The van der Waals surface area contributed by atoms with Crippen molar-refractivity contribution in [3.8, 4) is 0 Å². The van der Waals surface area contributed by atoms with E-state index in [-0.39, 0.29) is 12.2 Å². The maximum absolute atomic E-state index is 13.4. The Labute approximate surface area is 175 Å². The number of pyridine rings is 1. The molecule has 3 heterocycles. The average molecular weight is 432 g/mol. The van der Waals surface area contributed by atoms with Crippen LogP contribution in [0.2, 0.25) is 0 Å². The van der Waals surface area contributed by atoms with Crippen LogP contribution >= 0.6 is 0 Å². The number of nitrogens with one attached hydrogen (secondary N) is 2. The first-order valence-electron chi connectivity index (χ1n) is 9.41. The summed E-state index contributed by atoms with van der Waals surface area (Å²) in [5, 5.41) is 4.42. The summed E-state index contributed by atoms with van der Waals surface area (Å²) in [6, 6.07) is 12.2. The Morgan fingerprint density at radius 2 is 2.00 bits per heavy atom. The lowest BCUT2D eigenvalue weighted by molar-refractivity contribution is -0.141. The largest absolute Gasteiger partial charge is 0.467 e. The minimum Gasteiger partial charge on any atom is -0.467 e. The number of halogens is 3. The molecule has 162 valence electrons. The third-order valence-electron chi connectivity index (χ3n) is 4.72. The van der Waals surface area contributed by atoms with E-state index in [2.05, 4.69) is 20.7 Å². The van der Waals surface area contributed by atoms with E-state index >= 15 is 0 Å². The van der Waals surface area contributed by atoms with Gasteiger partial charge in [-0.05, 0) is 29.8 Å². The molecule has 2 aromatic heterocycles. The number of hydrazine groups is 1. The van der Waals surface area contributed by atoms with Gasteiger partial charge in [0.2, 0.25) is 0 Å². The molecule has 1 aliphatic heterocycles. The van der Waals surface area contributed by atoms with Gasteiger partial charge in [-0.25, -0.2) is 9.98 Å². The minimum absolute atomic E-state index is 0.0531. The predicted octanol–water partition coefficient (Wildman–Crippen LogP) is 2.61. The van der Waals surface area contributed by atoms with E-state index in [4.69, 9.17) is 4.74 Å². The Morgan fingerprint density at radius 1 is 1.23 bits per heavy atom. The van der Waals surface area contributed by atoms with Gasteiger partial charge in [0.25, 0.3) is 5.91 Å². The molecule has 1 amide bonds. The minimum atomic E-state index is -4.74. The number of benzene rings is 1. The number of amidine groups is 1. The normalized spacial score (nSPS) is 14.2. The van der Waals surface area contributed by atoms with Crippen molar-refractivity contribution in [2.45, 2.75) is 12.7 Å². The van der Waals surface area contributed by atoms with Crippen LogP contribution in [0, 0.1) is 0 Å². The van der Waals surface area contributed by atoms with Crippen LogP contribution in [0.1, 0.15) is 21.7 Å². The molecule has 0 atom stereocenters. The fourth-order valence-electron chi connectivity index (χ4n) is 3.23. The molecule has 0 unspecified atom stereocenters. The second kappa shape index (κ2) is 8.17. The van der Waals surface area contributed by atoms with Crippen molar-refractivity contribution in [3.05, 3.63) is 65.6 Å². The number of aliphatic imine (C=N–C) groups is 1. The highest BCUT2D eigenvalue weighted by Crippen LogP contribution is 2.32.